The van der Waals surface area contributed by atoms with Crippen molar-refractivity contribution in [2.45, 2.75) is 61.0 Å². The van der Waals surface area contributed by atoms with Crippen molar-refractivity contribution in [1.29, 1.82) is 0 Å². The van der Waals surface area contributed by atoms with Crippen molar-refractivity contribution < 1.29 is 100 Å². The molecule has 6 aromatic rings. The molecule has 0 aliphatic carbocycles. The number of aliphatic hydroxyl groups is 8. The fourth-order valence-corrected chi connectivity index (χ4v) is 7.26. The predicted molar refractivity (Wildman–Crippen MR) is 202 cm³/mol. The minimum Gasteiger partial charge on any atom is -0.872 e. The minimum atomic E-state index is -1.85. The number of fused-ring (bicyclic) bond motifs is 4. The van der Waals surface area contributed by atoms with E-state index < -0.39 is 153 Å². The molecule has 0 saturated carbocycles. The number of aromatic hydroxyl groups is 7. The van der Waals surface area contributed by atoms with Gasteiger partial charge >= 0.3 is 37.7 Å². The van der Waals surface area contributed by atoms with E-state index in [4.69, 9.17) is 18.3 Å². The fourth-order valence-electron chi connectivity index (χ4n) is 7.26. The molecule has 8 rings (SSSR count). The molecule has 0 bridgehead atoms. The van der Waals surface area contributed by atoms with Gasteiger partial charge < -0.3 is 100 Å². The van der Waals surface area contributed by atoms with Gasteiger partial charge in [0.1, 0.15) is 106 Å². The molecule has 23 heteroatoms. The Hall–Kier alpha value is -4.92. The average molecular weight is 884 g/mol. The van der Waals surface area contributed by atoms with Crippen LogP contribution in [0.15, 0.2) is 54.8 Å². The van der Waals surface area contributed by atoms with Gasteiger partial charge in [0.25, 0.3) is 0 Å². The van der Waals surface area contributed by atoms with E-state index in [1.807, 2.05) is 0 Å². The van der Waals surface area contributed by atoms with Crippen LogP contribution in [0.4, 0.5) is 0 Å². The maximum absolute atomic E-state index is 13.1. The van der Waals surface area contributed by atoms with Crippen molar-refractivity contribution >= 4 is 81.6 Å². The number of benzene rings is 4. The Morgan fingerprint density at radius 2 is 0.836 bits per heavy atom. The zero-order chi connectivity index (χ0) is 43.8. The second-order valence-electron chi connectivity index (χ2n) is 14.1. The van der Waals surface area contributed by atoms with E-state index in [2.05, 4.69) is 0 Å². The van der Waals surface area contributed by atoms with Gasteiger partial charge in [-0.05, 0) is 12.1 Å². The van der Waals surface area contributed by atoms with Crippen molar-refractivity contribution in [3.63, 3.8) is 0 Å². The number of phenols is 7. The standard InChI is InChI=1S/2C19H18O11.Ca/c2*20-4-11-15(25)17(27)18(28)19(30-11)12-8(23)3-10-13(16(12)26)14(24)5-1-6(21)7(22)2-9(5)29-10;/h2*1-3,11,15,17-23,25-28H,4H2;/q;;+2/p-1. The maximum atomic E-state index is 13.1. The number of ether oxygens (including phenoxy) is 2. The molecule has 10 atom stereocenters. The third kappa shape index (κ3) is 7.58. The predicted octanol–water partition coefficient (Wildman–Crippen LogP) is -2.45. The quantitative estimate of drug-likeness (QED) is 0.0496. The summed E-state index contributed by atoms with van der Waals surface area (Å²) in [4.78, 5) is 25.8. The van der Waals surface area contributed by atoms with Gasteiger partial charge in [-0.3, -0.25) is 9.59 Å². The normalized spacial score (nSPS) is 26.6. The molecule has 2 aromatic heterocycles. The Morgan fingerprint density at radius 1 is 0.475 bits per heavy atom. The molecule has 0 spiro atoms. The van der Waals surface area contributed by atoms with Crippen LogP contribution in [-0.2, 0) is 9.47 Å². The van der Waals surface area contributed by atoms with Gasteiger partial charge in [-0.25, -0.2) is 0 Å². The van der Waals surface area contributed by atoms with E-state index in [0.29, 0.717) is 0 Å². The summed E-state index contributed by atoms with van der Waals surface area (Å²) in [7, 11) is 0. The molecule has 2 aliphatic rings. The largest absolute Gasteiger partial charge is 2.00 e. The summed E-state index contributed by atoms with van der Waals surface area (Å²) in [6.07, 6.45) is -16.5. The van der Waals surface area contributed by atoms with Crippen LogP contribution in [0.5, 0.6) is 46.0 Å². The van der Waals surface area contributed by atoms with Gasteiger partial charge in [-0.1, -0.05) is 5.75 Å². The van der Waals surface area contributed by atoms with E-state index >= 15 is 0 Å². The molecule has 4 aromatic carbocycles. The third-order valence-corrected chi connectivity index (χ3v) is 10.4. The first kappa shape index (κ1) is 45.6. The molecule has 15 N–H and O–H groups in total. The summed E-state index contributed by atoms with van der Waals surface area (Å²) in [5.41, 5.74) is -3.59. The molecular formula is C38H35CaO22+. The van der Waals surface area contributed by atoms with E-state index in [-0.39, 0.29) is 70.8 Å². The molecule has 4 heterocycles. The molecule has 22 nitrogen and oxygen atoms in total. The Labute approximate surface area is 368 Å². The van der Waals surface area contributed by atoms with Crippen LogP contribution in [0.2, 0.25) is 0 Å². The SMILES string of the molecule is O=c1c2cc(O)c(O)cc2oc2cc(O)c(C3OC(CO)C(O)C(O)C3O)c(O)c12.O=c1c2cc(O)c(O)cc2oc2cc(O)c(C3OC(CO)C(O)C(O)C3O)c([O-])c12.[Ca+2]. The summed E-state index contributed by atoms with van der Waals surface area (Å²) in [5.74, 6) is -5.59. The third-order valence-electron chi connectivity index (χ3n) is 10.4. The van der Waals surface area contributed by atoms with Crippen LogP contribution >= 0.6 is 0 Å². The molecule has 0 radical (unpaired) electrons. The Bertz CT molecular complexity index is 2590. The summed E-state index contributed by atoms with van der Waals surface area (Å²) in [6, 6.07) is 5.71. The Balaban J connectivity index is 0.000000201. The number of rotatable bonds is 4. The first-order chi connectivity index (χ1) is 28.3. The van der Waals surface area contributed by atoms with Crippen molar-refractivity contribution in [1.82, 2.24) is 0 Å². The van der Waals surface area contributed by atoms with E-state index in [9.17, 15) is 91.3 Å². The topological polar surface area (TPSA) is 405 Å². The van der Waals surface area contributed by atoms with Crippen LogP contribution in [0.25, 0.3) is 43.9 Å². The minimum absolute atomic E-state index is 0. The molecule has 320 valence electrons. The van der Waals surface area contributed by atoms with Crippen LogP contribution in [-0.4, -0.2) is 176 Å². The van der Waals surface area contributed by atoms with Crippen molar-refractivity contribution in [3.05, 3.63) is 68.0 Å². The average Bonchev–Trinajstić information content (AvgIpc) is 3.19. The van der Waals surface area contributed by atoms with Gasteiger partial charge in [-0.15, -0.1) is 0 Å². The van der Waals surface area contributed by atoms with E-state index in [1.165, 1.54) is 0 Å². The summed E-state index contributed by atoms with van der Waals surface area (Å²) >= 11 is 0. The second-order valence-corrected chi connectivity index (χ2v) is 14.1. The van der Waals surface area contributed by atoms with Crippen LogP contribution in [0.1, 0.15) is 23.3 Å². The molecule has 0 amide bonds. The van der Waals surface area contributed by atoms with Crippen molar-refractivity contribution in [2.75, 3.05) is 13.2 Å². The summed E-state index contributed by atoms with van der Waals surface area (Å²) in [5, 5.41) is 161. The number of phenolic OH excluding ortho intramolecular Hbond substituents is 7. The molecule has 61 heavy (non-hydrogen) atoms. The van der Waals surface area contributed by atoms with Gasteiger partial charge in [0.05, 0.1) is 34.9 Å². The summed E-state index contributed by atoms with van der Waals surface area (Å²) in [6.45, 7) is -1.48. The monoisotopic (exact) mass is 883 g/mol. The molecule has 2 fully saturated rings. The van der Waals surface area contributed by atoms with Crippen molar-refractivity contribution in [3.8, 4) is 46.0 Å². The van der Waals surface area contributed by atoms with Crippen LogP contribution < -0.4 is 16.0 Å². The number of hydrogen-bond acceptors (Lipinski definition) is 22. The van der Waals surface area contributed by atoms with E-state index in [0.717, 1.165) is 36.4 Å². The summed E-state index contributed by atoms with van der Waals surface area (Å²) < 4.78 is 21.5. The Morgan fingerprint density at radius 3 is 1.28 bits per heavy atom. The zero-order valence-electron chi connectivity index (χ0n) is 30.9. The smallest absolute Gasteiger partial charge is 0.872 e. The second kappa shape index (κ2) is 17.1. The van der Waals surface area contributed by atoms with Gasteiger partial charge in [-0.2, -0.15) is 0 Å². The van der Waals surface area contributed by atoms with Gasteiger partial charge in [0.15, 0.2) is 28.4 Å². The fraction of sp³-hybridized carbons (Fsp3) is 0.316. The first-order valence-electron chi connectivity index (χ1n) is 17.6. The van der Waals surface area contributed by atoms with E-state index in [1.54, 1.807) is 0 Å². The van der Waals surface area contributed by atoms with Crippen molar-refractivity contribution in [2.24, 2.45) is 0 Å². The van der Waals surface area contributed by atoms with Crippen LogP contribution in [0.3, 0.4) is 0 Å². The molecule has 2 aliphatic heterocycles. The molecule has 2 saturated heterocycles. The van der Waals surface area contributed by atoms with Gasteiger partial charge in [0, 0.05) is 29.8 Å². The zero-order valence-corrected chi connectivity index (χ0v) is 33.1. The first-order valence-corrected chi connectivity index (χ1v) is 17.6. The Kier molecular flexibility index (Phi) is 12.8. The van der Waals surface area contributed by atoms with Crippen LogP contribution in [0, 0.1) is 0 Å². The number of hydrogen-bond donors (Lipinski definition) is 15. The number of aliphatic hydroxyl groups excluding tert-OH is 8. The molecule has 10 unspecified atom stereocenters. The maximum Gasteiger partial charge on any atom is 2.00 e. The molecular weight excluding hydrogens is 848 g/mol. The van der Waals surface area contributed by atoms with Gasteiger partial charge in [0.2, 0.25) is 5.43 Å².